The van der Waals surface area contributed by atoms with Crippen LogP contribution >= 0.6 is 0 Å². The standard InChI is InChI=1S/C15H25NO3/c17-14(18)11-16(10-12-8-9-12)15(19)13-6-4-2-1-3-5-7-13/h12-13H,1-11H2,(H,17,18). The second-order valence-electron chi connectivity index (χ2n) is 6.10. The maximum absolute atomic E-state index is 12.5. The quantitative estimate of drug-likeness (QED) is 0.833. The number of hydrogen-bond donors (Lipinski definition) is 1. The minimum Gasteiger partial charge on any atom is -0.480 e. The van der Waals surface area contributed by atoms with Crippen LogP contribution in [0.25, 0.3) is 0 Å². The van der Waals surface area contributed by atoms with E-state index in [0.29, 0.717) is 12.5 Å². The van der Waals surface area contributed by atoms with Gasteiger partial charge in [-0.2, -0.15) is 0 Å². The first-order valence-corrected chi connectivity index (χ1v) is 7.67. The molecule has 0 heterocycles. The lowest BCUT2D eigenvalue weighted by atomic mass is 9.90. The van der Waals surface area contributed by atoms with Gasteiger partial charge in [0.05, 0.1) is 0 Å². The van der Waals surface area contributed by atoms with Gasteiger partial charge < -0.3 is 10.0 Å². The molecular weight excluding hydrogens is 242 g/mol. The molecule has 19 heavy (non-hydrogen) atoms. The molecule has 2 aliphatic rings. The summed E-state index contributed by atoms with van der Waals surface area (Å²) in [6, 6.07) is 0. The molecule has 1 amide bonds. The highest BCUT2D eigenvalue weighted by Crippen LogP contribution is 2.31. The maximum Gasteiger partial charge on any atom is 0.323 e. The third-order valence-corrected chi connectivity index (χ3v) is 4.27. The molecule has 0 saturated heterocycles. The van der Waals surface area contributed by atoms with Crippen molar-refractivity contribution in [3.63, 3.8) is 0 Å². The van der Waals surface area contributed by atoms with Gasteiger partial charge in [-0.1, -0.05) is 32.1 Å². The van der Waals surface area contributed by atoms with E-state index >= 15 is 0 Å². The molecule has 2 rings (SSSR count). The van der Waals surface area contributed by atoms with Gasteiger partial charge in [-0.15, -0.1) is 0 Å². The predicted molar refractivity (Wildman–Crippen MR) is 72.7 cm³/mol. The van der Waals surface area contributed by atoms with Crippen LogP contribution in [0, 0.1) is 11.8 Å². The molecule has 1 N–H and O–H groups in total. The highest BCUT2D eigenvalue weighted by molar-refractivity contribution is 5.83. The average molecular weight is 267 g/mol. The Labute approximate surface area is 115 Å². The van der Waals surface area contributed by atoms with Crippen molar-refractivity contribution in [3.05, 3.63) is 0 Å². The Morgan fingerprint density at radius 2 is 1.53 bits per heavy atom. The summed E-state index contributed by atoms with van der Waals surface area (Å²) < 4.78 is 0. The molecule has 108 valence electrons. The van der Waals surface area contributed by atoms with Crippen LogP contribution in [0.5, 0.6) is 0 Å². The lowest BCUT2D eigenvalue weighted by Crippen LogP contribution is -2.41. The topological polar surface area (TPSA) is 57.6 Å². The summed E-state index contributed by atoms with van der Waals surface area (Å²) in [7, 11) is 0. The number of carboxylic acids is 1. The van der Waals surface area contributed by atoms with Crippen LogP contribution < -0.4 is 0 Å². The van der Waals surface area contributed by atoms with Gasteiger partial charge in [0.2, 0.25) is 5.91 Å². The summed E-state index contributed by atoms with van der Waals surface area (Å²) in [5.41, 5.74) is 0. The average Bonchev–Trinajstić information content (AvgIpc) is 3.10. The van der Waals surface area contributed by atoms with Gasteiger partial charge in [-0.25, -0.2) is 0 Å². The van der Waals surface area contributed by atoms with Crippen molar-refractivity contribution in [3.8, 4) is 0 Å². The molecule has 4 heteroatoms. The summed E-state index contributed by atoms with van der Waals surface area (Å²) in [6.07, 6.45) is 10.1. The Balaban J connectivity index is 1.92. The van der Waals surface area contributed by atoms with E-state index in [4.69, 9.17) is 5.11 Å². The van der Waals surface area contributed by atoms with E-state index in [1.807, 2.05) is 0 Å². The van der Waals surface area contributed by atoms with Gasteiger partial charge >= 0.3 is 5.97 Å². The highest BCUT2D eigenvalue weighted by atomic mass is 16.4. The number of amides is 1. The van der Waals surface area contributed by atoms with Crippen LogP contribution in [0.4, 0.5) is 0 Å². The SMILES string of the molecule is O=C(O)CN(CC1CC1)C(=O)C1CCCCCCC1. The van der Waals surface area contributed by atoms with Crippen molar-refractivity contribution >= 4 is 11.9 Å². The summed E-state index contributed by atoms with van der Waals surface area (Å²) in [6.45, 7) is 0.535. The summed E-state index contributed by atoms with van der Waals surface area (Å²) in [5, 5.41) is 8.97. The van der Waals surface area contributed by atoms with Crippen LogP contribution in [-0.4, -0.2) is 35.0 Å². The highest BCUT2D eigenvalue weighted by Gasteiger charge is 2.31. The van der Waals surface area contributed by atoms with Crippen LogP contribution in [0.2, 0.25) is 0 Å². The van der Waals surface area contributed by atoms with Gasteiger partial charge in [0.15, 0.2) is 0 Å². The first kappa shape index (κ1) is 14.4. The van der Waals surface area contributed by atoms with Crippen LogP contribution in [0.3, 0.4) is 0 Å². The number of rotatable bonds is 5. The number of hydrogen-bond acceptors (Lipinski definition) is 2. The van der Waals surface area contributed by atoms with E-state index < -0.39 is 5.97 Å². The first-order chi connectivity index (χ1) is 9.16. The zero-order valence-corrected chi connectivity index (χ0v) is 11.6. The van der Waals surface area contributed by atoms with Crippen molar-refractivity contribution in [1.82, 2.24) is 4.90 Å². The van der Waals surface area contributed by atoms with E-state index in [2.05, 4.69) is 0 Å². The molecule has 0 atom stereocenters. The fourth-order valence-corrected chi connectivity index (χ4v) is 2.97. The summed E-state index contributed by atoms with van der Waals surface area (Å²) in [4.78, 5) is 25.1. The molecule has 2 aliphatic carbocycles. The van der Waals surface area contributed by atoms with Gasteiger partial charge in [0, 0.05) is 12.5 Å². The zero-order valence-electron chi connectivity index (χ0n) is 11.6. The molecule has 0 aromatic rings. The van der Waals surface area contributed by atoms with Gasteiger partial charge in [-0.05, 0) is 31.6 Å². The molecule has 2 fully saturated rings. The van der Waals surface area contributed by atoms with Crippen LogP contribution in [0.15, 0.2) is 0 Å². The lowest BCUT2D eigenvalue weighted by Gasteiger charge is -2.27. The largest absolute Gasteiger partial charge is 0.480 e. The molecular formula is C15H25NO3. The van der Waals surface area contributed by atoms with Crippen molar-refractivity contribution in [1.29, 1.82) is 0 Å². The Bertz CT molecular complexity index is 317. The monoisotopic (exact) mass is 267 g/mol. The maximum atomic E-state index is 12.5. The smallest absolute Gasteiger partial charge is 0.323 e. The normalized spacial score (nSPS) is 21.5. The second kappa shape index (κ2) is 6.92. The zero-order chi connectivity index (χ0) is 13.7. The Morgan fingerprint density at radius 1 is 0.947 bits per heavy atom. The Hall–Kier alpha value is -1.06. The van der Waals surface area contributed by atoms with Crippen molar-refractivity contribution in [2.75, 3.05) is 13.1 Å². The fourth-order valence-electron chi connectivity index (χ4n) is 2.97. The van der Waals surface area contributed by atoms with Gasteiger partial charge in [0.1, 0.15) is 6.54 Å². The summed E-state index contributed by atoms with van der Waals surface area (Å²) >= 11 is 0. The van der Waals surface area contributed by atoms with Crippen molar-refractivity contribution in [2.45, 2.75) is 57.8 Å². The Morgan fingerprint density at radius 3 is 2.05 bits per heavy atom. The molecule has 2 saturated carbocycles. The first-order valence-electron chi connectivity index (χ1n) is 7.67. The molecule has 0 radical (unpaired) electrons. The second-order valence-corrected chi connectivity index (χ2v) is 6.10. The molecule has 0 bridgehead atoms. The fraction of sp³-hybridized carbons (Fsp3) is 0.867. The number of carbonyl (C=O) groups is 2. The van der Waals surface area contributed by atoms with Crippen LogP contribution in [-0.2, 0) is 9.59 Å². The lowest BCUT2D eigenvalue weighted by molar-refractivity contribution is -0.146. The third-order valence-electron chi connectivity index (χ3n) is 4.27. The van der Waals surface area contributed by atoms with Gasteiger partial charge in [0.25, 0.3) is 0 Å². The molecule has 0 aliphatic heterocycles. The molecule has 0 unspecified atom stereocenters. The van der Waals surface area contributed by atoms with E-state index in [-0.39, 0.29) is 18.4 Å². The Kier molecular flexibility index (Phi) is 5.23. The van der Waals surface area contributed by atoms with Crippen molar-refractivity contribution in [2.24, 2.45) is 11.8 Å². The number of aliphatic carboxylic acids is 1. The molecule has 4 nitrogen and oxygen atoms in total. The minimum absolute atomic E-state index is 0.0680. The molecule has 0 spiro atoms. The van der Waals surface area contributed by atoms with E-state index in [9.17, 15) is 9.59 Å². The number of carbonyl (C=O) groups excluding carboxylic acids is 1. The molecule has 0 aromatic heterocycles. The van der Waals surface area contributed by atoms with Gasteiger partial charge in [-0.3, -0.25) is 9.59 Å². The van der Waals surface area contributed by atoms with E-state index in [1.54, 1.807) is 4.90 Å². The van der Waals surface area contributed by atoms with Crippen molar-refractivity contribution < 1.29 is 14.7 Å². The molecule has 0 aromatic carbocycles. The number of carboxylic acid groups (broad SMARTS) is 1. The van der Waals surface area contributed by atoms with E-state index in [0.717, 1.165) is 38.5 Å². The number of nitrogens with zero attached hydrogens (tertiary/aromatic N) is 1. The van der Waals surface area contributed by atoms with E-state index in [1.165, 1.54) is 19.3 Å². The minimum atomic E-state index is -0.889. The van der Waals surface area contributed by atoms with Crippen LogP contribution in [0.1, 0.15) is 57.8 Å². The summed E-state index contributed by atoms with van der Waals surface area (Å²) in [5.74, 6) is -0.175. The third kappa shape index (κ3) is 4.84. The predicted octanol–water partition coefficient (Wildman–Crippen LogP) is 2.67.